The molecule has 2 aliphatic carbocycles. The Labute approximate surface area is 183 Å². The molecule has 1 aromatic heterocycles. The standard InChI is InChI=1S/C23H29Cl2N3O/c1-13-20(14(2)28(27-13)12-16-17(24)7-6-8-18(16)25)21(29)26-19-11-15-9-10-23(19,5)22(15,3)4/h6-8,15,19H,9-12H2,1-5H3,(H,26,29)/t15-,19-,23-/m1/s1. The number of halogens is 2. The second-order valence-electron chi connectivity index (χ2n) is 9.54. The van der Waals surface area contributed by atoms with Crippen molar-refractivity contribution in [2.75, 3.05) is 0 Å². The van der Waals surface area contributed by atoms with Crippen molar-refractivity contribution in [1.29, 1.82) is 0 Å². The maximum absolute atomic E-state index is 13.3. The molecular weight excluding hydrogens is 405 g/mol. The van der Waals surface area contributed by atoms with E-state index < -0.39 is 0 Å². The maximum atomic E-state index is 13.3. The van der Waals surface area contributed by atoms with Crippen LogP contribution in [0.1, 0.15) is 67.3 Å². The number of fused-ring (bicyclic) bond motifs is 2. The summed E-state index contributed by atoms with van der Waals surface area (Å²) in [6, 6.07) is 5.68. The molecule has 29 heavy (non-hydrogen) atoms. The predicted octanol–water partition coefficient (Wildman–Crippen LogP) is 5.80. The van der Waals surface area contributed by atoms with Gasteiger partial charge in [-0.2, -0.15) is 5.10 Å². The Morgan fingerprint density at radius 2 is 1.90 bits per heavy atom. The molecular formula is C23H29Cl2N3O. The normalized spacial score (nSPS) is 27.4. The van der Waals surface area contributed by atoms with E-state index in [-0.39, 0.29) is 22.8 Å². The first-order chi connectivity index (χ1) is 13.6. The Balaban J connectivity index is 1.58. The van der Waals surface area contributed by atoms with E-state index in [1.54, 1.807) is 0 Å². The number of nitrogens with one attached hydrogen (secondary N) is 1. The fraction of sp³-hybridized carbons (Fsp3) is 0.565. The van der Waals surface area contributed by atoms with Gasteiger partial charge in [0.15, 0.2) is 0 Å². The van der Waals surface area contributed by atoms with Gasteiger partial charge in [0.2, 0.25) is 0 Å². The summed E-state index contributed by atoms with van der Waals surface area (Å²) in [5.41, 5.74) is 3.46. The smallest absolute Gasteiger partial charge is 0.255 e. The van der Waals surface area contributed by atoms with Crippen molar-refractivity contribution in [3.8, 4) is 0 Å². The van der Waals surface area contributed by atoms with Crippen molar-refractivity contribution in [3.05, 3.63) is 50.8 Å². The molecule has 1 amide bonds. The molecule has 2 bridgehead atoms. The number of aromatic nitrogens is 2. The molecule has 156 valence electrons. The Morgan fingerprint density at radius 1 is 1.24 bits per heavy atom. The van der Waals surface area contributed by atoms with Crippen LogP contribution in [0.15, 0.2) is 18.2 Å². The van der Waals surface area contributed by atoms with E-state index in [9.17, 15) is 4.79 Å². The molecule has 0 radical (unpaired) electrons. The van der Waals surface area contributed by atoms with E-state index in [4.69, 9.17) is 23.2 Å². The third-order valence-corrected chi connectivity index (χ3v) is 8.79. The zero-order valence-electron chi connectivity index (χ0n) is 17.8. The van der Waals surface area contributed by atoms with Crippen LogP contribution >= 0.6 is 23.2 Å². The highest BCUT2D eigenvalue weighted by atomic mass is 35.5. The van der Waals surface area contributed by atoms with E-state index in [1.165, 1.54) is 12.8 Å². The lowest BCUT2D eigenvalue weighted by atomic mass is 9.69. The summed E-state index contributed by atoms with van der Waals surface area (Å²) in [4.78, 5) is 13.3. The molecule has 2 saturated carbocycles. The van der Waals surface area contributed by atoms with Crippen LogP contribution < -0.4 is 5.32 Å². The molecule has 1 N–H and O–H groups in total. The largest absolute Gasteiger partial charge is 0.349 e. The molecule has 2 aromatic rings. The number of hydrogen-bond donors (Lipinski definition) is 1. The molecule has 2 fully saturated rings. The Morgan fingerprint density at radius 3 is 2.45 bits per heavy atom. The summed E-state index contributed by atoms with van der Waals surface area (Å²) in [7, 11) is 0. The minimum absolute atomic E-state index is 0.0221. The molecule has 0 saturated heterocycles. The number of carbonyl (C=O) groups is 1. The molecule has 2 aliphatic rings. The number of rotatable bonds is 4. The van der Waals surface area contributed by atoms with E-state index >= 15 is 0 Å². The summed E-state index contributed by atoms with van der Waals surface area (Å²) < 4.78 is 1.82. The molecule has 0 aliphatic heterocycles. The van der Waals surface area contributed by atoms with Crippen LogP contribution in [0.4, 0.5) is 0 Å². The van der Waals surface area contributed by atoms with Crippen LogP contribution in [0.25, 0.3) is 0 Å². The lowest BCUT2D eigenvalue weighted by Crippen LogP contribution is -2.47. The lowest BCUT2D eigenvalue weighted by Gasteiger charge is -2.39. The summed E-state index contributed by atoms with van der Waals surface area (Å²) >= 11 is 12.7. The van der Waals surface area contributed by atoms with Crippen molar-refractivity contribution < 1.29 is 4.79 Å². The van der Waals surface area contributed by atoms with E-state index in [0.29, 0.717) is 28.1 Å². The van der Waals surface area contributed by atoms with Gasteiger partial charge in [0.05, 0.1) is 17.8 Å². The van der Waals surface area contributed by atoms with Gasteiger partial charge in [0.25, 0.3) is 5.91 Å². The van der Waals surface area contributed by atoms with E-state index in [2.05, 4.69) is 31.2 Å². The molecule has 6 heteroatoms. The van der Waals surface area contributed by atoms with Gasteiger partial charge in [-0.3, -0.25) is 9.48 Å². The average Bonchev–Trinajstić information content (AvgIpc) is 3.11. The third kappa shape index (κ3) is 3.11. The molecule has 4 rings (SSSR count). The highest BCUT2D eigenvalue weighted by Crippen LogP contribution is 2.65. The van der Waals surface area contributed by atoms with E-state index in [0.717, 1.165) is 23.4 Å². The van der Waals surface area contributed by atoms with Crippen LogP contribution in [-0.2, 0) is 6.54 Å². The first kappa shape index (κ1) is 20.7. The topological polar surface area (TPSA) is 46.9 Å². The van der Waals surface area contributed by atoms with E-state index in [1.807, 2.05) is 36.7 Å². The maximum Gasteiger partial charge on any atom is 0.255 e. The minimum atomic E-state index is -0.0221. The van der Waals surface area contributed by atoms with Crippen molar-refractivity contribution in [2.45, 2.75) is 66.5 Å². The van der Waals surface area contributed by atoms with Crippen molar-refractivity contribution in [3.63, 3.8) is 0 Å². The van der Waals surface area contributed by atoms with Crippen LogP contribution in [0, 0.1) is 30.6 Å². The molecule has 4 nitrogen and oxygen atoms in total. The number of benzene rings is 1. The van der Waals surface area contributed by atoms with Gasteiger partial charge in [-0.1, -0.05) is 50.0 Å². The van der Waals surface area contributed by atoms with Gasteiger partial charge in [-0.15, -0.1) is 0 Å². The summed E-state index contributed by atoms with van der Waals surface area (Å²) in [5, 5.41) is 9.19. The Kier molecular flexibility index (Phi) is 5.02. The van der Waals surface area contributed by atoms with Crippen LogP contribution in [0.2, 0.25) is 10.0 Å². The fourth-order valence-corrected chi connectivity index (χ4v) is 6.18. The van der Waals surface area contributed by atoms with Gasteiger partial charge in [-0.05, 0) is 62.0 Å². The van der Waals surface area contributed by atoms with Crippen LogP contribution in [0.3, 0.4) is 0 Å². The quantitative estimate of drug-likeness (QED) is 0.661. The second-order valence-corrected chi connectivity index (χ2v) is 10.4. The number of carbonyl (C=O) groups excluding carboxylic acids is 1. The molecule has 1 heterocycles. The minimum Gasteiger partial charge on any atom is -0.349 e. The van der Waals surface area contributed by atoms with Gasteiger partial charge < -0.3 is 5.32 Å². The highest BCUT2D eigenvalue weighted by molar-refractivity contribution is 6.35. The van der Waals surface area contributed by atoms with Gasteiger partial charge in [-0.25, -0.2) is 0 Å². The monoisotopic (exact) mass is 433 g/mol. The van der Waals surface area contributed by atoms with Crippen LogP contribution in [-0.4, -0.2) is 21.7 Å². The first-order valence-electron chi connectivity index (χ1n) is 10.3. The number of hydrogen-bond acceptors (Lipinski definition) is 2. The van der Waals surface area contributed by atoms with Crippen molar-refractivity contribution in [2.24, 2.45) is 16.7 Å². The third-order valence-electron chi connectivity index (χ3n) is 8.08. The average molecular weight is 434 g/mol. The second kappa shape index (κ2) is 7.02. The number of nitrogens with zero attached hydrogens (tertiary/aromatic N) is 2. The zero-order chi connectivity index (χ0) is 21.1. The molecule has 0 spiro atoms. The predicted molar refractivity (Wildman–Crippen MR) is 118 cm³/mol. The molecule has 3 atom stereocenters. The summed E-state index contributed by atoms with van der Waals surface area (Å²) in [5.74, 6) is 0.663. The summed E-state index contributed by atoms with van der Waals surface area (Å²) in [6.45, 7) is 11.3. The first-order valence-corrected chi connectivity index (χ1v) is 11.1. The van der Waals surface area contributed by atoms with Crippen molar-refractivity contribution in [1.82, 2.24) is 15.1 Å². The molecule has 0 unspecified atom stereocenters. The fourth-order valence-electron chi connectivity index (χ4n) is 5.67. The number of aryl methyl sites for hydroxylation is 1. The highest BCUT2D eigenvalue weighted by Gasteiger charge is 2.61. The van der Waals surface area contributed by atoms with Crippen LogP contribution in [0.5, 0.6) is 0 Å². The van der Waals surface area contributed by atoms with Gasteiger partial charge in [0, 0.05) is 27.3 Å². The number of amides is 1. The zero-order valence-corrected chi connectivity index (χ0v) is 19.3. The summed E-state index contributed by atoms with van der Waals surface area (Å²) in [6.07, 6.45) is 3.51. The van der Waals surface area contributed by atoms with Gasteiger partial charge >= 0.3 is 0 Å². The Hall–Kier alpha value is -1.52. The SMILES string of the molecule is Cc1nn(Cc2c(Cl)cccc2Cl)c(C)c1C(=O)N[C@@H]1C[C@H]2CC[C@@]1(C)C2(C)C. The lowest BCUT2D eigenvalue weighted by molar-refractivity contribution is 0.0825. The van der Waals surface area contributed by atoms with Gasteiger partial charge in [0.1, 0.15) is 0 Å². The molecule has 1 aromatic carbocycles. The Bertz CT molecular complexity index is 960. The van der Waals surface area contributed by atoms with Crippen molar-refractivity contribution >= 4 is 29.1 Å².